The number of carbonyl (C=O) groups is 1. The average molecular weight is 333 g/mol. The molecule has 5 atom stereocenters. The number of hydrogen-bond donors (Lipinski definition) is 3. The Bertz CT molecular complexity index is 507. The number of carbonyl (C=O) groups excluding carboxylic acids is 1. The van der Waals surface area contributed by atoms with Gasteiger partial charge in [0.25, 0.3) is 0 Å². The van der Waals surface area contributed by atoms with E-state index >= 15 is 0 Å². The quantitative estimate of drug-likeness (QED) is 0.654. The lowest BCUT2D eigenvalue weighted by atomic mass is 9.89. The van der Waals surface area contributed by atoms with E-state index in [0.29, 0.717) is 24.2 Å². The lowest BCUT2D eigenvalue weighted by molar-refractivity contribution is -0.117. The van der Waals surface area contributed by atoms with Gasteiger partial charge in [0.2, 0.25) is 5.91 Å². The SMILES string of the molecule is NC(=O)CCC=C1C[C@H]2C[C@@H](O)[C@H](/C=C/[C@H](O)C3CCCC3)[C@H]2C1. The molecule has 0 heterocycles. The Kier molecular flexibility index (Phi) is 5.77. The fourth-order valence-electron chi connectivity index (χ4n) is 5.06. The summed E-state index contributed by atoms with van der Waals surface area (Å²) in [6, 6.07) is 0. The van der Waals surface area contributed by atoms with E-state index < -0.39 is 0 Å². The summed E-state index contributed by atoms with van der Waals surface area (Å²) in [5.41, 5.74) is 6.60. The molecule has 0 radical (unpaired) electrons. The molecule has 0 saturated heterocycles. The molecular formula is C20H31NO3. The van der Waals surface area contributed by atoms with Gasteiger partial charge in [0.05, 0.1) is 12.2 Å². The molecule has 0 bridgehead atoms. The number of nitrogens with two attached hydrogens (primary N) is 1. The van der Waals surface area contributed by atoms with Gasteiger partial charge in [-0.25, -0.2) is 0 Å². The number of rotatable bonds is 6. The van der Waals surface area contributed by atoms with Crippen molar-refractivity contribution in [3.8, 4) is 0 Å². The fraction of sp³-hybridized carbons (Fsp3) is 0.750. The van der Waals surface area contributed by atoms with Crippen molar-refractivity contribution in [2.45, 2.75) is 70.0 Å². The molecule has 24 heavy (non-hydrogen) atoms. The zero-order chi connectivity index (χ0) is 17.1. The van der Waals surface area contributed by atoms with E-state index in [4.69, 9.17) is 5.73 Å². The molecule has 0 aromatic rings. The Balaban J connectivity index is 1.57. The second-order valence-electron chi connectivity index (χ2n) is 8.00. The molecule has 4 N–H and O–H groups in total. The third kappa shape index (κ3) is 4.09. The minimum absolute atomic E-state index is 0.160. The lowest BCUT2D eigenvalue weighted by Crippen LogP contribution is -2.19. The van der Waals surface area contributed by atoms with Gasteiger partial charge in [-0.2, -0.15) is 0 Å². The van der Waals surface area contributed by atoms with Gasteiger partial charge >= 0.3 is 0 Å². The minimum Gasteiger partial charge on any atom is -0.392 e. The molecule has 3 fully saturated rings. The van der Waals surface area contributed by atoms with Crippen LogP contribution in [-0.2, 0) is 4.79 Å². The molecule has 0 unspecified atom stereocenters. The normalized spacial score (nSPS) is 36.7. The maximum Gasteiger partial charge on any atom is 0.217 e. The number of allylic oxidation sites excluding steroid dienone is 2. The minimum atomic E-state index is -0.356. The van der Waals surface area contributed by atoms with E-state index in [1.54, 1.807) is 0 Å². The summed E-state index contributed by atoms with van der Waals surface area (Å²) < 4.78 is 0. The van der Waals surface area contributed by atoms with Gasteiger partial charge in [-0.3, -0.25) is 4.79 Å². The van der Waals surface area contributed by atoms with Gasteiger partial charge in [0.15, 0.2) is 0 Å². The number of fused-ring (bicyclic) bond motifs is 1. The fourth-order valence-corrected chi connectivity index (χ4v) is 5.06. The Labute approximate surface area is 144 Å². The molecule has 3 aliphatic carbocycles. The summed E-state index contributed by atoms with van der Waals surface area (Å²) in [6.45, 7) is 0. The lowest BCUT2D eigenvalue weighted by Gasteiger charge is -2.19. The number of primary amides is 1. The number of aliphatic hydroxyl groups is 2. The number of aliphatic hydroxyl groups excluding tert-OH is 2. The van der Waals surface area contributed by atoms with Crippen molar-refractivity contribution < 1.29 is 15.0 Å². The molecule has 3 saturated carbocycles. The Morgan fingerprint density at radius 1 is 1.29 bits per heavy atom. The molecule has 134 valence electrons. The van der Waals surface area contributed by atoms with Crippen LogP contribution in [0.1, 0.15) is 57.8 Å². The van der Waals surface area contributed by atoms with Crippen LogP contribution in [-0.4, -0.2) is 28.3 Å². The zero-order valence-corrected chi connectivity index (χ0v) is 14.4. The maximum atomic E-state index is 10.8. The summed E-state index contributed by atoms with van der Waals surface area (Å²) in [7, 11) is 0. The van der Waals surface area contributed by atoms with E-state index in [1.807, 2.05) is 6.08 Å². The van der Waals surface area contributed by atoms with Crippen molar-refractivity contribution in [1.29, 1.82) is 0 Å². The van der Waals surface area contributed by atoms with Crippen LogP contribution in [0.2, 0.25) is 0 Å². The summed E-state index contributed by atoms with van der Waals surface area (Å²) in [5.74, 6) is 1.34. The first-order valence-electron chi connectivity index (χ1n) is 9.55. The molecule has 3 aliphatic rings. The van der Waals surface area contributed by atoms with Crippen molar-refractivity contribution in [3.05, 3.63) is 23.8 Å². The first kappa shape index (κ1) is 17.7. The molecular weight excluding hydrogens is 302 g/mol. The van der Waals surface area contributed by atoms with E-state index in [0.717, 1.165) is 38.5 Å². The van der Waals surface area contributed by atoms with Crippen LogP contribution < -0.4 is 5.73 Å². The van der Waals surface area contributed by atoms with E-state index in [9.17, 15) is 15.0 Å². The predicted octanol–water partition coefficient (Wildman–Crippen LogP) is 2.69. The van der Waals surface area contributed by atoms with Crippen LogP contribution >= 0.6 is 0 Å². The third-order valence-electron chi connectivity index (χ3n) is 6.35. The van der Waals surface area contributed by atoms with Gasteiger partial charge in [0, 0.05) is 12.3 Å². The largest absolute Gasteiger partial charge is 0.392 e. The summed E-state index contributed by atoms with van der Waals surface area (Å²) in [6.07, 6.45) is 14.3. The molecule has 1 amide bonds. The summed E-state index contributed by atoms with van der Waals surface area (Å²) in [5, 5.41) is 20.7. The van der Waals surface area contributed by atoms with Crippen LogP contribution in [0.15, 0.2) is 23.8 Å². The van der Waals surface area contributed by atoms with Crippen LogP contribution in [0.4, 0.5) is 0 Å². The average Bonchev–Trinajstić information content (AvgIpc) is 3.21. The van der Waals surface area contributed by atoms with E-state index in [1.165, 1.54) is 18.4 Å². The van der Waals surface area contributed by atoms with Crippen LogP contribution in [0.3, 0.4) is 0 Å². The highest BCUT2D eigenvalue weighted by molar-refractivity contribution is 5.73. The second-order valence-corrected chi connectivity index (χ2v) is 8.00. The molecule has 4 nitrogen and oxygen atoms in total. The molecule has 0 aliphatic heterocycles. The van der Waals surface area contributed by atoms with Crippen molar-refractivity contribution in [2.24, 2.45) is 29.4 Å². The van der Waals surface area contributed by atoms with Gasteiger partial charge in [-0.1, -0.05) is 36.6 Å². The van der Waals surface area contributed by atoms with E-state index in [-0.39, 0.29) is 24.0 Å². The Hall–Kier alpha value is -1.13. The van der Waals surface area contributed by atoms with E-state index in [2.05, 4.69) is 12.2 Å². The summed E-state index contributed by atoms with van der Waals surface area (Å²) in [4.78, 5) is 10.8. The molecule has 3 rings (SSSR count). The smallest absolute Gasteiger partial charge is 0.217 e. The van der Waals surface area contributed by atoms with Crippen molar-refractivity contribution in [3.63, 3.8) is 0 Å². The Morgan fingerprint density at radius 2 is 2.04 bits per heavy atom. The summed E-state index contributed by atoms with van der Waals surface area (Å²) >= 11 is 0. The van der Waals surface area contributed by atoms with Crippen molar-refractivity contribution >= 4 is 5.91 Å². The van der Waals surface area contributed by atoms with Crippen LogP contribution in [0.25, 0.3) is 0 Å². The first-order chi connectivity index (χ1) is 11.5. The highest BCUT2D eigenvalue weighted by Gasteiger charge is 2.45. The van der Waals surface area contributed by atoms with Crippen molar-refractivity contribution in [2.75, 3.05) is 0 Å². The van der Waals surface area contributed by atoms with Crippen molar-refractivity contribution in [1.82, 2.24) is 0 Å². The molecule has 4 heteroatoms. The highest BCUT2D eigenvalue weighted by atomic mass is 16.3. The standard InChI is InChI=1S/C20H31NO3/c21-20(24)7-3-4-13-10-15-12-19(23)16(17(15)11-13)8-9-18(22)14-5-1-2-6-14/h4,8-9,14-19,22-23H,1-3,5-7,10-12H2,(H2,21,24)/b9-8+,13-4?/t15-,16+,17-,18-,19+/m0/s1. The first-order valence-corrected chi connectivity index (χ1v) is 9.55. The topological polar surface area (TPSA) is 83.6 Å². The highest BCUT2D eigenvalue weighted by Crippen LogP contribution is 2.50. The van der Waals surface area contributed by atoms with Gasteiger partial charge in [-0.15, -0.1) is 0 Å². The molecule has 0 aromatic carbocycles. The van der Waals surface area contributed by atoms with Crippen LogP contribution in [0.5, 0.6) is 0 Å². The van der Waals surface area contributed by atoms with Gasteiger partial charge in [-0.05, 0) is 56.3 Å². The molecule has 0 spiro atoms. The number of hydrogen-bond acceptors (Lipinski definition) is 3. The predicted molar refractivity (Wildman–Crippen MR) is 93.9 cm³/mol. The maximum absolute atomic E-state index is 10.8. The van der Waals surface area contributed by atoms with Crippen LogP contribution in [0, 0.1) is 23.7 Å². The Morgan fingerprint density at radius 3 is 2.75 bits per heavy atom. The zero-order valence-electron chi connectivity index (χ0n) is 14.4. The monoisotopic (exact) mass is 333 g/mol. The van der Waals surface area contributed by atoms with Gasteiger partial charge in [0.1, 0.15) is 0 Å². The number of amides is 1. The third-order valence-corrected chi connectivity index (χ3v) is 6.35. The molecule has 0 aromatic heterocycles. The second kappa shape index (κ2) is 7.83. The van der Waals surface area contributed by atoms with Gasteiger partial charge < -0.3 is 15.9 Å².